The van der Waals surface area contributed by atoms with Crippen LogP contribution in [0.4, 0.5) is 5.82 Å². The number of amides is 2. The summed E-state index contributed by atoms with van der Waals surface area (Å²) in [5, 5.41) is 9.63. The number of carbonyl (C=O) groups excluding carboxylic acids is 2. The van der Waals surface area contributed by atoms with Gasteiger partial charge in [0.05, 0.1) is 12.7 Å². The van der Waals surface area contributed by atoms with Gasteiger partial charge in [0.15, 0.2) is 0 Å². The Morgan fingerprint density at radius 3 is 2.60 bits per heavy atom. The first kappa shape index (κ1) is 23.6. The Bertz CT molecular complexity index is 1070. The second kappa shape index (κ2) is 10.2. The number of fused-ring (bicyclic) bond motifs is 1. The molecule has 1 saturated carbocycles. The molecule has 0 radical (unpaired) electrons. The summed E-state index contributed by atoms with van der Waals surface area (Å²) < 4.78 is 5.38. The summed E-state index contributed by atoms with van der Waals surface area (Å²) in [6.45, 7) is 4.52. The van der Waals surface area contributed by atoms with E-state index in [1.807, 2.05) is 37.3 Å². The Morgan fingerprint density at radius 1 is 1.06 bits per heavy atom. The van der Waals surface area contributed by atoms with Gasteiger partial charge < -0.3 is 25.6 Å². The van der Waals surface area contributed by atoms with Crippen molar-refractivity contribution in [3.63, 3.8) is 0 Å². The van der Waals surface area contributed by atoms with E-state index in [-0.39, 0.29) is 23.9 Å². The molecule has 2 saturated heterocycles. The molecule has 1 aliphatic carbocycles. The molecule has 1 aromatic carbocycles. The Hall–Kier alpha value is -3.13. The van der Waals surface area contributed by atoms with Gasteiger partial charge in [-0.25, -0.2) is 4.98 Å². The third-order valence-corrected chi connectivity index (χ3v) is 7.87. The molecule has 8 heteroatoms. The van der Waals surface area contributed by atoms with E-state index < -0.39 is 0 Å². The van der Waals surface area contributed by atoms with Crippen molar-refractivity contribution >= 4 is 17.6 Å². The van der Waals surface area contributed by atoms with Crippen LogP contribution in [0.2, 0.25) is 0 Å². The maximum atomic E-state index is 13.1. The van der Waals surface area contributed by atoms with Gasteiger partial charge in [-0.1, -0.05) is 6.07 Å². The zero-order valence-electron chi connectivity index (χ0n) is 20.5. The molecule has 2 aliphatic heterocycles. The van der Waals surface area contributed by atoms with Crippen LogP contribution >= 0.6 is 0 Å². The molecule has 8 nitrogen and oxygen atoms in total. The van der Waals surface area contributed by atoms with E-state index in [1.54, 1.807) is 13.3 Å². The first-order chi connectivity index (χ1) is 17.0. The molecule has 3 N–H and O–H groups in total. The largest absolute Gasteiger partial charge is 0.496 e. The number of anilines is 1. The Morgan fingerprint density at radius 2 is 1.91 bits per heavy atom. The Balaban J connectivity index is 1.23. The predicted octanol–water partition coefficient (Wildman–Crippen LogP) is 2.67. The van der Waals surface area contributed by atoms with Crippen molar-refractivity contribution in [2.24, 2.45) is 5.92 Å². The maximum Gasteiger partial charge on any atom is 0.253 e. The second-order valence-electron chi connectivity index (χ2n) is 9.99. The highest BCUT2D eigenvalue weighted by Crippen LogP contribution is 2.40. The lowest BCUT2D eigenvalue weighted by Crippen LogP contribution is -2.47. The second-order valence-corrected chi connectivity index (χ2v) is 9.99. The van der Waals surface area contributed by atoms with E-state index in [4.69, 9.17) is 4.74 Å². The normalized spacial score (nSPS) is 25.7. The zero-order chi connectivity index (χ0) is 24.4. The highest BCUT2D eigenvalue weighted by atomic mass is 16.5. The molecule has 3 unspecified atom stereocenters. The first-order valence-corrected chi connectivity index (χ1v) is 12.7. The van der Waals surface area contributed by atoms with E-state index in [0.29, 0.717) is 23.1 Å². The van der Waals surface area contributed by atoms with E-state index in [0.717, 1.165) is 62.4 Å². The van der Waals surface area contributed by atoms with Gasteiger partial charge in [-0.15, -0.1) is 0 Å². The van der Waals surface area contributed by atoms with Crippen LogP contribution in [0, 0.1) is 12.8 Å². The minimum absolute atomic E-state index is 0.0401. The molecule has 186 valence electrons. The molecule has 1 aromatic heterocycles. The molecule has 2 aromatic rings. The summed E-state index contributed by atoms with van der Waals surface area (Å²) in [5.41, 5.74) is 2.13. The monoisotopic (exact) mass is 477 g/mol. The summed E-state index contributed by atoms with van der Waals surface area (Å²) in [5.74, 6) is 2.07. The fourth-order valence-corrected chi connectivity index (χ4v) is 5.68. The molecule has 0 spiro atoms. The molecule has 3 heterocycles. The van der Waals surface area contributed by atoms with Crippen LogP contribution in [0.15, 0.2) is 36.5 Å². The lowest BCUT2D eigenvalue weighted by molar-refractivity contribution is 0.0921. The van der Waals surface area contributed by atoms with Crippen molar-refractivity contribution < 1.29 is 14.3 Å². The van der Waals surface area contributed by atoms with Crippen molar-refractivity contribution in [3.8, 4) is 5.75 Å². The maximum absolute atomic E-state index is 13.1. The molecule has 3 aliphatic rings. The van der Waals surface area contributed by atoms with Gasteiger partial charge in [-0.2, -0.15) is 0 Å². The van der Waals surface area contributed by atoms with Gasteiger partial charge in [0.2, 0.25) is 0 Å². The number of nitrogens with one attached hydrogen (secondary N) is 3. The quantitative estimate of drug-likeness (QED) is 0.592. The number of aromatic nitrogens is 1. The fraction of sp³-hybridized carbons (Fsp3) is 0.519. The Labute approximate surface area is 206 Å². The number of methoxy groups -OCH3 is 1. The summed E-state index contributed by atoms with van der Waals surface area (Å²) in [6.07, 6.45) is 6.80. The minimum Gasteiger partial charge on any atom is -0.496 e. The molecule has 3 fully saturated rings. The molecule has 4 atom stereocenters. The number of hydrogen-bond acceptors (Lipinski definition) is 6. The van der Waals surface area contributed by atoms with E-state index >= 15 is 0 Å². The van der Waals surface area contributed by atoms with E-state index in [2.05, 4.69) is 25.8 Å². The van der Waals surface area contributed by atoms with E-state index in [9.17, 15) is 9.59 Å². The van der Waals surface area contributed by atoms with Crippen molar-refractivity contribution in [1.29, 1.82) is 0 Å². The van der Waals surface area contributed by atoms with Crippen molar-refractivity contribution in [2.45, 2.75) is 57.2 Å². The van der Waals surface area contributed by atoms with Crippen LogP contribution in [0.5, 0.6) is 5.75 Å². The summed E-state index contributed by atoms with van der Waals surface area (Å²) in [4.78, 5) is 32.7. The van der Waals surface area contributed by atoms with Gasteiger partial charge in [-0.3, -0.25) is 9.59 Å². The van der Waals surface area contributed by atoms with Gasteiger partial charge >= 0.3 is 0 Å². The lowest BCUT2D eigenvalue weighted by atomic mass is 9.76. The number of pyridine rings is 1. The predicted molar refractivity (Wildman–Crippen MR) is 135 cm³/mol. The average molecular weight is 478 g/mol. The fourth-order valence-electron chi connectivity index (χ4n) is 5.68. The highest BCUT2D eigenvalue weighted by molar-refractivity contribution is 5.96. The highest BCUT2D eigenvalue weighted by Gasteiger charge is 2.40. The average Bonchev–Trinajstić information content (AvgIpc) is 3.33. The first-order valence-electron chi connectivity index (χ1n) is 12.7. The van der Waals surface area contributed by atoms with Crippen LogP contribution in [-0.2, 0) is 0 Å². The Kier molecular flexibility index (Phi) is 6.90. The summed E-state index contributed by atoms with van der Waals surface area (Å²) in [6, 6.07) is 10.2. The molecular formula is C27H35N5O3. The lowest BCUT2D eigenvalue weighted by Gasteiger charge is -2.43. The molecule has 0 bridgehead atoms. The number of carbonyl (C=O) groups is 2. The third kappa shape index (κ3) is 4.98. The van der Waals surface area contributed by atoms with Crippen molar-refractivity contribution in [1.82, 2.24) is 20.9 Å². The van der Waals surface area contributed by atoms with Gasteiger partial charge in [0, 0.05) is 48.5 Å². The molecule has 2 amide bonds. The van der Waals surface area contributed by atoms with Crippen LogP contribution in [0.3, 0.4) is 0 Å². The number of hydrogen-bond donors (Lipinski definition) is 3. The standard InChI is InChI=1S/C27H35N5O3/c1-17-22(4-3-5-24(17)35-2)27(34)30-20-11-13-32(23-8-6-18(23)14-20)25-9-7-19(15-29-25)26(33)31-21-10-12-28-16-21/h3-5,7,9,15,18,20-21,23,28H,6,8,10-14,16H2,1-2H3,(H,30,34)(H,31,33)/t18?,20?,21-,23?/m1/s1. The number of nitrogens with zero attached hydrogens (tertiary/aromatic N) is 2. The zero-order valence-corrected chi connectivity index (χ0v) is 20.5. The third-order valence-electron chi connectivity index (χ3n) is 7.87. The van der Waals surface area contributed by atoms with Crippen LogP contribution in [0.1, 0.15) is 58.4 Å². The molecular weight excluding hydrogens is 442 g/mol. The van der Waals surface area contributed by atoms with Gasteiger partial charge in [0.25, 0.3) is 11.8 Å². The van der Waals surface area contributed by atoms with Crippen molar-refractivity contribution in [2.75, 3.05) is 31.6 Å². The van der Waals surface area contributed by atoms with Gasteiger partial charge in [-0.05, 0) is 75.8 Å². The smallest absolute Gasteiger partial charge is 0.253 e. The number of rotatable bonds is 6. The van der Waals surface area contributed by atoms with E-state index in [1.165, 1.54) is 6.42 Å². The molecule has 35 heavy (non-hydrogen) atoms. The van der Waals surface area contributed by atoms with Crippen LogP contribution in [-0.4, -0.2) is 61.7 Å². The SMILES string of the molecule is COc1cccc(C(=O)NC2CCN(c3ccc(C(=O)N[C@@H]4CCNC4)cn3)C3CCC3C2)c1C. The summed E-state index contributed by atoms with van der Waals surface area (Å²) >= 11 is 0. The summed E-state index contributed by atoms with van der Waals surface area (Å²) in [7, 11) is 1.63. The van der Waals surface area contributed by atoms with Gasteiger partial charge in [0.1, 0.15) is 11.6 Å². The topological polar surface area (TPSA) is 95.6 Å². The van der Waals surface area contributed by atoms with Crippen molar-refractivity contribution in [3.05, 3.63) is 53.2 Å². The number of ether oxygens (including phenoxy) is 1. The number of benzene rings is 1. The van der Waals surface area contributed by atoms with Crippen LogP contribution < -0.4 is 25.6 Å². The van der Waals surface area contributed by atoms with Crippen LogP contribution in [0.25, 0.3) is 0 Å². The molecule has 5 rings (SSSR count). The minimum atomic E-state index is -0.0641.